The summed E-state index contributed by atoms with van der Waals surface area (Å²) >= 11 is 1.38. The zero-order chi connectivity index (χ0) is 18.1. The maximum atomic E-state index is 13.3. The first-order valence-corrected chi connectivity index (χ1v) is 9.03. The summed E-state index contributed by atoms with van der Waals surface area (Å²) in [6, 6.07) is 18.9. The topological polar surface area (TPSA) is 72.6 Å². The molecule has 2 aromatic carbocycles. The summed E-state index contributed by atoms with van der Waals surface area (Å²) in [5, 5.41) is 1.90. The Balaban J connectivity index is 1.75. The highest BCUT2D eigenvalue weighted by molar-refractivity contribution is 7.12. The molecule has 6 heteroatoms. The fourth-order valence-electron chi connectivity index (χ4n) is 3.02. The lowest BCUT2D eigenvalue weighted by atomic mass is 10.1. The fraction of sp³-hybridized carbons (Fsp3) is 0.100. The molecule has 0 radical (unpaired) electrons. The molecule has 0 unspecified atom stereocenters. The van der Waals surface area contributed by atoms with Gasteiger partial charge in [-0.15, -0.1) is 11.3 Å². The predicted octanol–water partition coefficient (Wildman–Crippen LogP) is 3.31. The molecule has 3 aromatic rings. The van der Waals surface area contributed by atoms with Gasteiger partial charge in [0.2, 0.25) is 0 Å². The van der Waals surface area contributed by atoms with E-state index >= 15 is 0 Å². The third-order valence-electron chi connectivity index (χ3n) is 4.28. The number of nitrogens with two attached hydrogens (primary N) is 1. The molecule has 1 aliphatic heterocycles. The third-order valence-corrected chi connectivity index (χ3v) is 5.18. The average Bonchev–Trinajstić information content (AvgIpc) is 3.17. The van der Waals surface area contributed by atoms with E-state index in [-0.39, 0.29) is 12.5 Å². The summed E-state index contributed by atoms with van der Waals surface area (Å²) in [7, 11) is 0. The van der Waals surface area contributed by atoms with Gasteiger partial charge in [-0.3, -0.25) is 14.5 Å². The first-order valence-electron chi connectivity index (χ1n) is 8.15. The largest absolute Gasteiger partial charge is 0.477 e. The molecule has 2 heterocycles. The Kier molecular flexibility index (Phi) is 4.18. The Morgan fingerprint density at radius 1 is 1.04 bits per heavy atom. The van der Waals surface area contributed by atoms with Crippen LogP contribution in [0.2, 0.25) is 0 Å². The van der Waals surface area contributed by atoms with Crippen molar-refractivity contribution in [3.05, 3.63) is 70.9 Å². The van der Waals surface area contributed by atoms with Gasteiger partial charge in [0, 0.05) is 5.56 Å². The Bertz CT molecular complexity index is 968. The van der Waals surface area contributed by atoms with Crippen LogP contribution in [0.5, 0.6) is 5.75 Å². The van der Waals surface area contributed by atoms with Crippen LogP contribution >= 0.6 is 11.3 Å². The Hall–Kier alpha value is -3.12. The number of benzene rings is 2. The van der Waals surface area contributed by atoms with Crippen LogP contribution in [0.4, 0.5) is 5.69 Å². The van der Waals surface area contributed by atoms with E-state index in [1.165, 1.54) is 11.3 Å². The number of carbonyl (C=O) groups is 2. The Labute approximate surface area is 154 Å². The maximum absolute atomic E-state index is 13.3. The molecule has 0 spiro atoms. The van der Waals surface area contributed by atoms with Crippen LogP contribution in [-0.2, 0) is 4.79 Å². The molecule has 2 amide bonds. The molecule has 0 fully saturated rings. The second-order valence-electron chi connectivity index (χ2n) is 5.92. The summed E-state index contributed by atoms with van der Waals surface area (Å²) in [6.45, 7) is 0.0946. The second-order valence-corrected chi connectivity index (χ2v) is 6.84. The minimum Gasteiger partial charge on any atom is -0.477 e. The fourth-order valence-corrected chi connectivity index (χ4v) is 3.88. The van der Waals surface area contributed by atoms with E-state index in [0.717, 1.165) is 11.1 Å². The molecule has 1 aliphatic rings. The highest BCUT2D eigenvalue weighted by Gasteiger charge is 2.34. The van der Waals surface area contributed by atoms with Crippen molar-refractivity contribution < 1.29 is 14.3 Å². The lowest BCUT2D eigenvalue weighted by Gasteiger charge is -2.33. The van der Waals surface area contributed by atoms with Crippen LogP contribution in [0.3, 0.4) is 0 Å². The molecule has 4 rings (SSSR count). The van der Waals surface area contributed by atoms with Crippen molar-refractivity contribution in [3.8, 4) is 16.9 Å². The Morgan fingerprint density at radius 2 is 1.77 bits per heavy atom. The number of hydrogen-bond acceptors (Lipinski definition) is 4. The number of fused-ring (bicyclic) bond motifs is 1. The van der Waals surface area contributed by atoms with Crippen molar-refractivity contribution in [1.29, 1.82) is 0 Å². The van der Waals surface area contributed by atoms with Crippen molar-refractivity contribution in [2.24, 2.45) is 5.73 Å². The van der Waals surface area contributed by atoms with Gasteiger partial charge in [-0.2, -0.15) is 0 Å². The van der Waals surface area contributed by atoms with E-state index in [2.05, 4.69) is 0 Å². The van der Waals surface area contributed by atoms with E-state index in [0.29, 0.717) is 16.3 Å². The van der Waals surface area contributed by atoms with Gasteiger partial charge in [-0.05, 0) is 29.1 Å². The predicted molar refractivity (Wildman–Crippen MR) is 101 cm³/mol. The summed E-state index contributed by atoms with van der Waals surface area (Å²) in [5.74, 6) is -0.277. The highest BCUT2D eigenvalue weighted by atomic mass is 32.1. The first-order chi connectivity index (χ1) is 12.6. The quantitative estimate of drug-likeness (QED) is 0.775. The van der Waals surface area contributed by atoms with Gasteiger partial charge in [0.15, 0.2) is 6.10 Å². The molecular weight excluding hydrogens is 348 g/mol. The lowest BCUT2D eigenvalue weighted by Crippen LogP contribution is -2.49. The van der Waals surface area contributed by atoms with Gasteiger partial charge in [-0.25, -0.2) is 0 Å². The molecule has 1 aromatic heterocycles. The number of carbonyl (C=O) groups excluding carboxylic acids is 2. The number of para-hydroxylation sites is 2. The zero-order valence-electron chi connectivity index (χ0n) is 13.8. The van der Waals surface area contributed by atoms with Crippen molar-refractivity contribution in [2.45, 2.75) is 6.10 Å². The molecular formula is C20H16N2O3S. The summed E-state index contributed by atoms with van der Waals surface area (Å²) < 4.78 is 5.64. The van der Waals surface area contributed by atoms with E-state index in [9.17, 15) is 9.59 Å². The van der Waals surface area contributed by atoms with Gasteiger partial charge in [0.1, 0.15) is 10.6 Å². The molecule has 0 saturated heterocycles. The monoisotopic (exact) mass is 364 g/mol. The standard InChI is InChI=1S/C20H16N2O3S/c21-19(23)17-12-22(15-8-4-5-9-16(15)25-17)20(24)18-14(10-11-26-18)13-6-2-1-3-7-13/h1-11,17H,12H2,(H2,21,23)/t17-/m0/s1. The summed E-state index contributed by atoms with van der Waals surface area (Å²) in [4.78, 5) is 27.2. The van der Waals surface area contributed by atoms with Gasteiger partial charge in [0.25, 0.3) is 11.8 Å². The number of primary amides is 1. The minimum atomic E-state index is -0.867. The van der Waals surface area contributed by atoms with Crippen molar-refractivity contribution >= 4 is 28.8 Å². The Morgan fingerprint density at radius 3 is 2.54 bits per heavy atom. The molecule has 2 N–H and O–H groups in total. The molecule has 1 atom stereocenters. The molecule has 0 aliphatic carbocycles. The SMILES string of the molecule is NC(=O)[C@@H]1CN(C(=O)c2sccc2-c2ccccc2)c2ccccc2O1. The van der Waals surface area contributed by atoms with E-state index in [4.69, 9.17) is 10.5 Å². The number of hydrogen-bond donors (Lipinski definition) is 1. The van der Waals surface area contributed by atoms with Gasteiger partial charge in [-0.1, -0.05) is 42.5 Å². The van der Waals surface area contributed by atoms with E-state index < -0.39 is 12.0 Å². The zero-order valence-corrected chi connectivity index (χ0v) is 14.6. The average molecular weight is 364 g/mol. The number of anilines is 1. The number of ether oxygens (including phenoxy) is 1. The van der Waals surface area contributed by atoms with E-state index in [1.54, 1.807) is 23.1 Å². The molecule has 26 heavy (non-hydrogen) atoms. The molecule has 0 saturated carbocycles. The molecule has 130 valence electrons. The summed E-state index contributed by atoms with van der Waals surface area (Å²) in [5.41, 5.74) is 7.92. The third kappa shape index (κ3) is 2.84. The lowest BCUT2D eigenvalue weighted by molar-refractivity contribution is -0.124. The van der Waals surface area contributed by atoms with Crippen LogP contribution in [0.1, 0.15) is 9.67 Å². The van der Waals surface area contributed by atoms with Gasteiger partial charge in [0.05, 0.1) is 12.2 Å². The van der Waals surface area contributed by atoms with Crippen LogP contribution in [0.25, 0.3) is 11.1 Å². The first kappa shape index (κ1) is 16.4. The number of thiophene rings is 1. The smallest absolute Gasteiger partial charge is 0.269 e. The number of rotatable bonds is 3. The van der Waals surface area contributed by atoms with Crippen molar-refractivity contribution in [2.75, 3.05) is 11.4 Å². The van der Waals surface area contributed by atoms with Crippen LogP contribution in [0.15, 0.2) is 66.0 Å². The summed E-state index contributed by atoms with van der Waals surface area (Å²) in [6.07, 6.45) is -0.867. The second kappa shape index (κ2) is 6.65. The number of nitrogens with zero attached hydrogens (tertiary/aromatic N) is 1. The molecule has 5 nitrogen and oxygen atoms in total. The van der Waals surface area contributed by atoms with Crippen molar-refractivity contribution in [1.82, 2.24) is 0 Å². The molecule has 0 bridgehead atoms. The van der Waals surface area contributed by atoms with Crippen molar-refractivity contribution in [3.63, 3.8) is 0 Å². The van der Waals surface area contributed by atoms with Crippen LogP contribution in [0, 0.1) is 0 Å². The van der Waals surface area contributed by atoms with Crippen LogP contribution < -0.4 is 15.4 Å². The normalized spacial score (nSPS) is 15.8. The highest BCUT2D eigenvalue weighted by Crippen LogP contribution is 2.36. The van der Waals surface area contributed by atoms with Gasteiger partial charge < -0.3 is 10.5 Å². The maximum Gasteiger partial charge on any atom is 0.269 e. The number of amides is 2. The van der Waals surface area contributed by atoms with Gasteiger partial charge >= 0.3 is 0 Å². The minimum absolute atomic E-state index is 0.0946. The van der Waals surface area contributed by atoms with Crippen LogP contribution in [-0.4, -0.2) is 24.5 Å². The van der Waals surface area contributed by atoms with E-state index in [1.807, 2.05) is 47.8 Å².